The quantitative estimate of drug-likeness (QED) is 0.403. The number of rotatable bonds is 0. The van der Waals surface area contributed by atoms with Gasteiger partial charge in [0.1, 0.15) is 0 Å². The van der Waals surface area contributed by atoms with Crippen LogP contribution in [0.3, 0.4) is 0 Å². The van der Waals surface area contributed by atoms with Crippen LogP contribution in [0.25, 0.3) is 0 Å². The van der Waals surface area contributed by atoms with Gasteiger partial charge in [0.2, 0.25) is 0 Å². The normalized spacial score (nSPS) is 8.69. The van der Waals surface area contributed by atoms with Crippen LogP contribution in [0.2, 0.25) is 0 Å². The Labute approximate surface area is 104 Å². The third-order valence-corrected chi connectivity index (χ3v) is 2.62. The van der Waals surface area contributed by atoms with Gasteiger partial charge in [0.25, 0.3) is 0 Å². The predicted octanol–water partition coefficient (Wildman–Crippen LogP) is -0.348. The van der Waals surface area contributed by atoms with Crippen LogP contribution in [-0.2, 0) is 0 Å². The van der Waals surface area contributed by atoms with Crippen LogP contribution in [0.4, 0.5) is 0 Å². The Balaban J connectivity index is 0. The van der Waals surface area contributed by atoms with Crippen LogP contribution in [0.15, 0.2) is 0 Å². The molecule has 0 N–H and O–H groups in total. The fourth-order valence-electron chi connectivity index (χ4n) is 1.31. The molecule has 0 aliphatic rings. The number of aryl methyl sites for hydroxylation is 2. The first kappa shape index (κ1) is 15.7. The zero-order valence-corrected chi connectivity index (χ0v) is 11.3. The summed E-state index contributed by atoms with van der Waals surface area (Å²) in [6.07, 6.45) is 0. The molecule has 0 unspecified atom stereocenters. The molecule has 0 bridgehead atoms. The smallest absolute Gasteiger partial charge is 1.00 e. The number of halogens is 1. The van der Waals surface area contributed by atoms with Crippen LogP contribution < -0.4 is 12.4 Å². The summed E-state index contributed by atoms with van der Waals surface area (Å²) in [6, 6.07) is 3.35. The SMILES string of the molecule is Cc1[c-]c(C)c(C)c(C)c1C.[Cl-].[Mg+2]. The fraction of sp³-hybridized carbons (Fsp3) is 0.455. The van der Waals surface area contributed by atoms with Crippen molar-refractivity contribution in [3.8, 4) is 0 Å². The number of hydrogen-bond acceptors (Lipinski definition) is 0. The van der Waals surface area contributed by atoms with Crippen molar-refractivity contribution < 1.29 is 12.4 Å². The minimum Gasteiger partial charge on any atom is -1.00 e. The Morgan fingerprint density at radius 3 is 1.31 bits per heavy atom. The summed E-state index contributed by atoms with van der Waals surface area (Å²) in [7, 11) is 0. The molecule has 13 heavy (non-hydrogen) atoms. The van der Waals surface area contributed by atoms with Crippen molar-refractivity contribution in [1.82, 2.24) is 0 Å². The molecule has 1 aromatic rings. The van der Waals surface area contributed by atoms with E-state index in [0.717, 1.165) is 0 Å². The molecule has 0 fully saturated rings. The molecular formula is C11H15ClMg. The van der Waals surface area contributed by atoms with Crippen LogP contribution in [0.1, 0.15) is 27.8 Å². The van der Waals surface area contributed by atoms with E-state index >= 15 is 0 Å². The van der Waals surface area contributed by atoms with Crippen molar-refractivity contribution >= 4 is 23.1 Å². The van der Waals surface area contributed by atoms with Gasteiger partial charge in [-0.25, -0.2) is 0 Å². The van der Waals surface area contributed by atoms with E-state index in [1.54, 1.807) is 0 Å². The molecule has 0 amide bonds. The second-order valence-electron chi connectivity index (χ2n) is 3.25. The molecule has 1 rings (SSSR count). The molecule has 0 heterocycles. The summed E-state index contributed by atoms with van der Waals surface area (Å²) >= 11 is 0. The number of benzene rings is 1. The summed E-state index contributed by atoms with van der Waals surface area (Å²) in [5.41, 5.74) is 6.75. The zero-order valence-electron chi connectivity index (χ0n) is 9.09. The topological polar surface area (TPSA) is 0 Å². The Bertz CT molecular complexity index is 266. The molecule has 0 radical (unpaired) electrons. The third-order valence-electron chi connectivity index (χ3n) is 2.62. The molecule has 0 atom stereocenters. The van der Waals surface area contributed by atoms with Crippen molar-refractivity contribution in [3.05, 3.63) is 33.9 Å². The van der Waals surface area contributed by atoms with Crippen LogP contribution in [-0.4, -0.2) is 23.1 Å². The average molecular weight is 207 g/mol. The maximum absolute atomic E-state index is 3.35. The Hall–Kier alpha value is 0.276. The monoisotopic (exact) mass is 206 g/mol. The van der Waals surface area contributed by atoms with E-state index < -0.39 is 0 Å². The molecule has 0 aromatic heterocycles. The molecular weight excluding hydrogens is 192 g/mol. The second kappa shape index (κ2) is 5.89. The van der Waals surface area contributed by atoms with E-state index in [1.165, 1.54) is 27.8 Å². The molecule has 0 aliphatic heterocycles. The molecule has 0 nitrogen and oxygen atoms in total. The Morgan fingerprint density at radius 2 is 1.00 bits per heavy atom. The molecule has 0 saturated carbocycles. The zero-order chi connectivity index (χ0) is 8.59. The van der Waals surface area contributed by atoms with Gasteiger partial charge in [0, 0.05) is 0 Å². The van der Waals surface area contributed by atoms with E-state index in [-0.39, 0.29) is 35.5 Å². The third kappa shape index (κ3) is 3.15. The second-order valence-corrected chi connectivity index (χ2v) is 3.25. The largest absolute Gasteiger partial charge is 2.00 e. The van der Waals surface area contributed by atoms with Crippen molar-refractivity contribution in [1.29, 1.82) is 0 Å². The Morgan fingerprint density at radius 1 is 0.692 bits per heavy atom. The minimum atomic E-state index is 0. The molecule has 68 valence electrons. The van der Waals surface area contributed by atoms with Gasteiger partial charge in [-0.15, -0.1) is 0 Å². The number of hydrogen-bond donors (Lipinski definition) is 0. The first-order valence-corrected chi connectivity index (χ1v) is 4.00. The van der Waals surface area contributed by atoms with E-state index in [1.807, 2.05) is 0 Å². The van der Waals surface area contributed by atoms with Gasteiger partial charge in [-0.3, -0.25) is 0 Å². The molecule has 1 aromatic carbocycles. The van der Waals surface area contributed by atoms with Crippen molar-refractivity contribution in [2.45, 2.75) is 34.6 Å². The fourth-order valence-corrected chi connectivity index (χ4v) is 1.31. The van der Waals surface area contributed by atoms with Gasteiger partial charge in [0.15, 0.2) is 0 Å². The molecule has 0 saturated heterocycles. The van der Waals surface area contributed by atoms with Gasteiger partial charge < -0.3 is 12.4 Å². The Kier molecular flexibility index (Phi) is 7.13. The van der Waals surface area contributed by atoms with E-state index in [2.05, 4.69) is 40.7 Å². The first-order chi connectivity index (χ1) is 5.04. The van der Waals surface area contributed by atoms with Gasteiger partial charge >= 0.3 is 23.1 Å². The van der Waals surface area contributed by atoms with Gasteiger partial charge in [0.05, 0.1) is 0 Å². The molecule has 2 heteroatoms. The summed E-state index contributed by atoms with van der Waals surface area (Å²) in [6.45, 7) is 10.7. The maximum Gasteiger partial charge on any atom is 2.00 e. The summed E-state index contributed by atoms with van der Waals surface area (Å²) < 4.78 is 0. The van der Waals surface area contributed by atoms with Crippen LogP contribution in [0, 0.1) is 40.7 Å². The van der Waals surface area contributed by atoms with E-state index in [4.69, 9.17) is 0 Å². The van der Waals surface area contributed by atoms with E-state index in [9.17, 15) is 0 Å². The van der Waals surface area contributed by atoms with Crippen molar-refractivity contribution in [2.75, 3.05) is 0 Å². The predicted molar refractivity (Wildman–Crippen MR) is 54.7 cm³/mol. The standard InChI is InChI=1S/C11H15.ClH.Mg/c1-7-6-8(2)10(4)11(5)9(7)3;;/h1-5H3;1H;/q-1;;+2/p-1. The summed E-state index contributed by atoms with van der Waals surface area (Å²) in [4.78, 5) is 0. The van der Waals surface area contributed by atoms with Gasteiger partial charge in [-0.2, -0.15) is 33.9 Å². The van der Waals surface area contributed by atoms with Gasteiger partial charge in [-0.05, 0) is 0 Å². The van der Waals surface area contributed by atoms with E-state index in [0.29, 0.717) is 0 Å². The molecule has 0 spiro atoms. The molecule has 0 aliphatic carbocycles. The van der Waals surface area contributed by atoms with Gasteiger partial charge in [-0.1, -0.05) is 34.6 Å². The minimum absolute atomic E-state index is 0. The first-order valence-electron chi connectivity index (χ1n) is 4.00. The maximum atomic E-state index is 3.35. The average Bonchev–Trinajstić information content (AvgIpc) is 1.97. The summed E-state index contributed by atoms with van der Waals surface area (Å²) in [5.74, 6) is 0. The van der Waals surface area contributed by atoms with Crippen LogP contribution >= 0.6 is 0 Å². The van der Waals surface area contributed by atoms with Crippen LogP contribution in [0.5, 0.6) is 0 Å². The summed E-state index contributed by atoms with van der Waals surface area (Å²) in [5, 5.41) is 0. The van der Waals surface area contributed by atoms with Crippen molar-refractivity contribution in [2.24, 2.45) is 0 Å². The van der Waals surface area contributed by atoms with Crippen molar-refractivity contribution in [3.63, 3.8) is 0 Å².